The molecule has 0 radical (unpaired) electrons. The van der Waals surface area contributed by atoms with Gasteiger partial charge in [-0.15, -0.1) is 0 Å². The topological polar surface area (TPSA) is 87.0 Å². The lowest BCUT2D eigenvalue weighted by Gasteiger charge is -2.37. The summed E-state index contributed by atoms with van der Waals surface area (Å²) < 4.78 is 27.5. The molecule has 31 heavy (non-hydrogen) atoms. The maximum absolute atomic E-state index is 13.0. The van der Waals surface area contributed by atoms with E-state index < -0.39 is 14.9 Å². The maximum Gasteiger partial charge on any atom is 0.293 e. The Morgan fingerprint density at radius 1 is 0.903 bits per heavy atom. The van der Waals surface area contributed by atoms with Crippen molar-refractivity contribution in [3.63, 3.8) is 0 Å². The first-order chi connectivity index (χ1) is 14.9. The predicted octanol–water partition coefficient (Wildman–Crippen LogP) is 3.34. The largest absolute Gasteiger partial charge is 0.368 e. The highest BCUT2D eigenvalue weighted by molar-refractivity contribution is 7.89. The molecule has 2 fully saturated rings. The molecule has 2 aliphatic heterocycles. The highest BCUT2D eigenvalue weighted by Gasteiger charge is 2.31. The van der Waals surface area contributed by atoms with E-state index in [0.717, 1.165) is 31.6 Å². The van der Waals surface area contributed by atoms with Crippen LogP contribution < -0.4 is 9.80 Å². The quantitative estimate of drug-likeness (QED) is 0.519. The summed E-state index contributed by atoms with van der Waals surface area (Å²) in [5, 5.41) is 11.8. The summed E-state index contributed by atoms with van der Waals surface area (Å²) in [7, 11) is -3.73. The van der Waals surface area contributed by atoms with Gasteiger partial charge in [0.25, 0.3) is 5.69 Å². The summed E-state index contributed by atoms with van der Waals surface area (Å²) >= 11 is 0. The Morgan fingerprint density at radius 2 is 1.52 bits per heavy atom. The second-order valence-corrected chi connectivity index (χ2v) is 10.2. The van der Waals surface area contributed by atoms with Crippen molar-refractivity contribution >= 4 is 27.1 Å². The first-order valence-electron chi connectivity index (χ1n) is 10.7. The average molecular weight is 445 g/mol. The van der Waals surface area contributed by atoms with Gasteiger partial charge in [-0.05, 0) is 43.0 Å². The molecule has 2 heterocycles. The molecule has 0 amide bonds. The summed E-state index contributed by atoms with van der Waals surface area (Å²) in [5.74, 6) is 0.498. The van der Waals surface area contributed by atoms with Crippen molar-refractivity contribution in [3.05, 3.63) is 58.6 Å². The number of sulfonamides is 1. The SMILES string of the molecule is CC1CCN(S(=O)(=O)c2ccc(N3CCN(c4ccccc4)CC3)c([N+](=O)[O-])c2)CC1. The summed E-state index contributed by atoms with van der Waals surface area (Å²) in [6.45, 7) is 5.78. The minimum absolute atomic E-state index is 0.000393. The van der Waals surface area contributed by atoms with Crippen LogP contribution in [-0.4, -0.2) is 56.9 Å². The molecule has 0 atom stereocenters. The number of rotatable bonds is 5. The predicted molar refractivity (Wildman–Crippen MR) is 121 cm³/mol. The number of anilines is 2. The molecule has 4 rings (SSSR count). The van der Waals surface area contributed by atoms with Crippen molar-refractivity contribution in [2.24, 2.45) is 5.92 Å². The summed E-state index contributed by atoms with van der Waals surface area (Å²) in [6, 6.07) is 14.4. The Morgan fingerprint density at radius 3 is 2.13 bits per heavy atom. The van der Waals surface area contributed by atoms with Gasteiger partial charge in [-0.1, -0.05) is 25.1 Å². The van der Waals surface area contributed by atoms with E-state index in [1.54, 1.807) is 6.07 Å². The van der Waals surface area contributed by atoms with Crippen LogP contribution >= 0.6 is 0 Å². The van der Waals surface area contributed by atoms with E-state index in [1.165, 1.54) is 16.4 Å². The van der Waals surface area contributed by atoms with Crippen LogP contribution in [0.1, 0.15) is 19.8 Å². The van der Waals surface area contributed by atoms with Crippen LogP contribution in [0.4, 0.5) is 17.1 Å². The number of nitro benzene ring substituents is 1. The molecule has 2 aromatic carbocycles. The van der Waals surface area contributed by atoms with Gasteiger partial charge in [0.05, 0.1) is 9.82 Å². The van der Waals surface area contributed by atoms with Gasteiger partial charge in [-0.25, -0.2) is 8.42 Å². The van der Waals surface area contributed by atoms with Crippen molar-refractivity contribution in [1.29, 1.82) is 0 Å². The van der Waals surface area contributed by atoms with Crippen LogP contribution in [0.25, 0.3) is 0 Å². The van der Waals surface area contributed by atoms with E-state index in [1.807, 2.05) is 23.1 Å². The van der Waals surface area contributed by atoms with E-state index in [0.29, 0.717) is 37.8 Å². The monoisotopic (exact) mass is 444 g/mol. The molecule has 0 spiro atoms. The highest BCUT2D eigenvalue weighted by Crippen LogP contribution is 2.33. The Balaban J connectivity index is 1.54. The number of benzene rings is 2. The molecule has 0 aliphatic carbocycles. The second-order valence-electron chi connectivity index (χ2n) is 8.30. The Bertz CT molecular complexity index is 1030. The van der Waals surface area contributed by atoms with E-state index in [2.05, 4.69) is 24.0 Å². The molecule has 9 heteroatoms. The van der Waals surface area contributed by atoms with Gasteiger partial charge in [0, 0.05) is 51.0 Å². The molecule has 0 aromatic heterocycles. The summed E-state index contributed by atoms with van der Waals surface area (Å²) in [5.41, 5.74) is 1.46. The number of nitro groups is 1. The lowest BCUT2D eigenvalue weighted by molar-refractivity contribution is -0.384. The van der Waals surface area contributed by atoms with Gasteiger partial charge in [0.15, 0.2) is 0 Å². The average Bonchev–Trinajstić information content (AvgIpc) is 2.79. The molecule has 0 N–H and O–H groups in total. The molecular formula is C22H28N4O4S. The Kier molecular flexibility index (Phi) is 6.15. The number of para-hydroxylation sites is 1. The van der Waals surface area contributed by atoms with Gasteiger partial charge in [0.1, 0.15) is 5.69 Å². The summed E-state index contributed by atoms with van der Waals surface area (Å²) in [4.78, 5) is 15.6. The van der Waals surface area contributed by atoms with Crippen molar-refractivity contribution in [2.45, 2.75) is 24.7 Å². The number of hydrogen-bond donors (Lipinski definition) is 0. The van der Waals surface area contributed by atoms with Crippen LogP contribution in [0.5, 0.6) is 0 Å². The van der Waals surface area contributed by atoms with E-state index in [9.17, 15) is 18.5 Å². The third kappa shape index (κ3) is 4.52. The van der Waals surface area contributed by atoms with Gasteiger partial charge in [-0.3, -0.25) is 10.1 Å². The van der Waals surface area contributed by atoms with E-state index >= 15 is 0 Å². The molecule has 2 saturated heterocycles. The Labute approximate surface area is 183 Å². The molecule has 166 valence electrons. The van der Waals surface area contributed by atoms with Crippen molar-refractivity contribution in [2.75, 3.05) is 49.1 Å². The maximum atomic E-state index is 13.0. The van der Waals surface area contributed by atoms with E-state index in [4.69, 9.17) is 0 Å². The minimum atomic E-state index is -3.73. The highest BCUT2D eigenvalue weighted by atomic mass is 32.2. The molecule has 8 nitrogen and oxygen atoms in total. The number of piperidine rings is 1. The second kappa shape index (κ2) is 8.84. The lowest BCUT2D eigenvalue weighted by Crippen LogP contribution is -2.46. The third-order valence-corrected chi connectivity index (χ3v) is 8.16. The molecule has 0 bridgehead atoms. The van der Waals surface area contributed by atoms with Crippen LogP contribution in [-0.2, 0) is 10.0 Å². The van der Waals surface area contributed by atoms with Crippen LogP contribution in [0.3, 0.4) is 0 Å². The van der Waals surface area contributed by atoms with Gasteiger partial charge in [0.2, 0.25) is 10.0 Å². The molecule has 0 saturated carbocycles. The van der Waals surface area contributed by atoms with Gasteiger partial charge >= 0.3 is 0 Å². The molecule has 2 aromatic rings. The number of piperazine rings is 1. The van der Waals surface area contributed by atoms with Gasteiger partial charge < -0.3 is 9.80 Å². The zero-order chi connectivity index (χ0) is 22.0. The first kappa shape index (κ1) is 21.6. The van der Waals surface area contributed by atoms with Crippen molar-refractivity contribution in [3.8, 4) is 0 Å². The fourth-order valence-electron chi connectivity index (χ4n) is 4.30. The minimum Gasteiger partial charge on any atom is -0.368 e. The fourth-order valence-corrected chi connectivity index (χ4v) is 5.79. The van der Waals surface area contributed by atoms with Crippen molar-refractivity contribution < 1.29 is 13.3 Å². The number of hydrogen-bond acceptors (Lipinski definition) is 6. The zero-order valence-electron chi connectivity index (χ0n) is 17.7. The van der Waals surface area contributed by atoms with Crippen molar-refractivity contribution in [1.82, 2.24) is 4.31 Å². The third-order valence-electron chi connectivity index (χ3n) is 6.27. The standard InChI is InChI=1S/C22H28N4O4S/c1-18-9-11-25(12-10-18)31(29,30)20-7-8-21(22(17-20)26(27)28)24-15-13-23(14-16-24)19-5-3-2-4-6-19/h2-8,17-18H,9-16H2,1H3. The van der Waals surface area contributed by atoms with Crippen LogP contribution in [0.2, 0.25) is 0 Å². The number of nitrogens with zero attached hydrogens (tertiary/aromatic N) is 4. The van der Waals surface area contributed by atoms with Crippen LogP contribution in [0, 0.1) is 16.0 Å². The Hall–Kier alpha value is -2.65. The first-order valence-corrected chi connectivity index (χ1v) is 12.1. The molecular weight excluding hydrogens is 416 g/mol. The molecule has 0 unspecified atom stereocenters. The zero-order valence-corrected chi connectivity index (χ0v) is 18.5. The van der Waals surface area contributed by atoms with E-state index in [-0.39, 0.29) is 10.6 Å². The smallest absolute Gasteiger partial charge is 0.293 e. The lowest BCUT2D eigenvalue weighted by atomic mass is 10.0. The molecule has 2 aliphatic rings. The summed E-state index contributed by atoms with van der Waals surface area (Å²) in [6.07, 6.45) is 1.62. The van der Waals surface area contributed by atoms with Crippen LogP contribution in [0.15, 0.2) is 53.4 Å². The fraction of sp³-hybridized carbons (Fsp3) is 0.455. The van der Waals surface area contributed by atoms with Gasteiger partial charge in [-0.2, -0.15) is 4.31 Å². The normalized spacial score (nSPS) is 18.9.